The molecule has 6 heteroatoms. The van der Waals surface area contributed by atoms with E-state index in [0.29, 0.717) is 5.56 Å². The van der Waals surface area contributed by atoms with Crippen molar-refractivity contribution in [1.29, 1.82) is 0 Å². The average molecular weight is 388 g/mol. The number of rotatable bonds is 4. The normalized spacial score (nSPS) is 18.6. The van der Waals surface area contributed by atoms with Crippen LogP contribution in [0.2, 0.25) is 0 Å². The van der Waals surface area contributed by atoms with Crippen LogP contribution in [0.1, 0.15) is 40.0 Å². The molecule has 0 saturated heterocycles. The summed E-state index contributed by atoms with van der Waals surface area (Å²) in [6.45, 7) is 2.02. The molecule has 2 aromatic carbocycles. The Hall–Kier alpha value is -2.53. The van der Waals surface area contributed by atoms with Crippen molar-refractivity contribution in [2.24, 2.45) is 0 Å². The van der Waals surface area contributed by atoms with Gasteiger partial charge >= 0.3 is 5.97 Å². The average Bonchev–Trinajstić information content (AvgIpc) is 2.71. The highest BCUT2D eigenvalue weighted by Crippen LogP contribution is 2.39. The van der Waals surface area contributed by atoms with Gasteiger partial charge in [0, 0.05) is 6.04 Å². The zero-order chi connectivity index (χ0) is 19.6. The molecular formula is C21H22ClNO4. The van der Waals surface area contributed by atoms with Crippen LogP contribution in [0.15, 0.2) is 42.5 Å². The number of fused-ring (bicyclic) bond motifs is 1. The first-order valence-electron chi connectivity index (χ1n) is 8.72. The molecule has 0 aliphatic carbocycles. The lowest BCUT2D eigenvalue weighted by Gasteiger charge is -2.42. The zero-order valence-corrected chi connectivity index (χ0v) is 16.3. The van der Waals surface area contributed by atoms with Crippen molar-refractivity contribution in [3.63, 3.8) is 0 Å². The maximum absolute atomic E-state index is 12.6. The summed E-state index contributed by atoms with van der Waals surface area (Å²) >= 11 is 5.89. The van der Waals surface area contributed by atoms with E-state index in [4.69, 9.17) is 21.1 Å². The van der Waals surface area contributed by atoms with Crippen LogP contribution in [0.5, 0.6) is 5.75 Å². The number of benzene rings is 2. The van der Waals surface area contributed by atoms with Gasteiger partial charge in [0.1, 0.15) is 11.6 Å². The van der Waals surface area contributed by atoms with E-state index in [-0.39, 0.29) is 23.9 Å². The third-order valence-electron chi connectivity index (χ3n) is 4.96. The molecule has 1 heterocycles. The number of nitrogens with zero attached hydrogens (tertiary/aromatic N) is 1. The Morgan fingerprint density at radius 1 is 1.15 bits per heavy atom. The maximum atomic E-state index is 12.6. The number of amides is 1. The Morgan fingerprint density at radius 2 is 1.85 bits per heavy atom. The number of hydrogen-bond donors (Lipinski definition) is 0. The first-order valence-corrected chi connectivity index (χ1v) is 9.25. The monoisotopic (exact) mass is 387 g/mol. The molecule has 27 heavy (non-hydrogen) atoms. The van der Waals surface area contributed by atoms with Crippen LogP contribution in [-0.4, -0.2) is 42.9 Å². The molecule has 5 nitrogen and oxygen atoms in total. The Labute approximate surface area is 163 Å². The van der Waals surface area contributed by atoms with Crippen molar-refractivity contribution in [3.05, 3.63) is 64.7 Å². The van der Waals surface area contributed by atoms with Crippen molar-refractivity contribution in [2.75, 3.05) is 20.1 Å². The van der Waals surface area contributed by atoms with Crippen molar-refractivity contribution in [3.8, 4) is 5.75 Å². The molecule has 0 radical (unpaired) electrons. The molecule has 142 valence electrons. The molecule has 0 fully saturated rings. The second kappa shape index (κ2) is 8.01. The van der Waals surface area contributed by atoms with Gasteiger partial charge in [-0.25, -0.2) is 4.79 Å². The molecule has 0 bridgehead atoms. The van der Waals surface area contributed by atoms with E-state index in [1.165, 1.54) is 7.11 Å². The summed E-state index contributed by atoms with van der Waals surface area (Å²) in [6.07, 6.45) is 0.728. The van der Waals surface area contributed by atoms with Crippen LogP contribution in [0.25, 0.3) is 0 Å². The molecule has 0 unspecified atom stereocenters. The van der Waals surface area contributed by atoms with Gasteiger partial charge in [-0.05, 0) is 54.3 Å². The van der Waals surface area contributed by atoms with E-state index in [9.17, 15) is 9.59 Å². The first-order chi connectivity index (χ1) is 13.0. The fourth-order valence-electron chi connectivity index (χ4n) is 3.69. The lowest BCUT2D eigenvalue weighted by atomic mass is 9.84. The number of carbonyl (C=O) groups is 2. The van der Waals surface area contributed by atoms with E-state index in [0.717, 1.165) is 28.9 Å². The smallest absolute Gasteiger partial charge is 0.337 e. The van der Waals surface area contributed by atoms with Gasteiger partial charge in [-0.3, -0.25) is 4.79 Å². The summed E-state index contributed by atoms with van der Waals surface area (Å²) in [5.41, 5.74) is 3.56. The molecular weight excluding hydrogens is 366 g/mol. The fourth-order valence-corrected chi connectivity index (χ4v) is 3.83. The largest absolute Gasteiger partial charge is 0.497 e. The fraction of sp³-hybridized carbons (Fsp3) is 0.333. The number of hydrogen-bond acceptors (Lipinski definition) is 4. The molecule has 0 spiro atoms. The van der Waals surface area contributed by atoms with E-state index < -0.39 is 5.97 Å². The minimum atomic E-state index is -0.391. The van der Waals surface area contributed by atoms with E-state index >= 15 is 0 Å². The molecule has 0 saturated carbocycles. The third kappa shape index (κ3) is 3.65. The molecule has 1 aliphatic rings. The van der Waals surface area contributed by atoms with Crippen LogP contribution >= 0.6 is 11.6 Å². The second-order valence-electron chi connectivity index (χ2n) is 6.57. The van der Waals surface area contributed by atoms with Crippen LogP contribution in [0.3, 0.4) is 0 Å². The van der Waals surface area contributed by atoms with Crippen LogP contribution in [-0.2, 0) is 16.0 Å². The Morgan fingerprint density at radius 3 is 2.44 bits per heavy atom. The van der Waals surface area contributed by atoms with Crippen molar-refractivity contribution < 1.29 is 19.1 Å². The van der Waals surface area contributed by atoms with Crippen LogP contribution in [0.4, 0.5) is 0 Å². The topological polar surface area (TPSA) is 55.8 Å². The molecule has 1 amide bonds. The van der Waals surface area contributed by atoms with Gasteiger partial charge in [0.05, 0.1) is 25.8 Å². The summed E-state index contributed by atoms with van der Waals surface area (Å²) in [5, 5.41) is 0. The predicted molar refractivity (Wildman–Crippen MR) is 103 cm³/mol. The van der Waals surface area contributed by atoms with Gasteiger partial charge in [-0.2, -0.15) is 0 Å². The van der Waals surface area contributed by atoms with E-state index in [1.807, 2.05) is 42.2 Å². The standard InChI is InChI=1S/C21H22ClNO4/c1-13-10-16-11-17(26-2)8-9-18(16)20(23(13)19(24)12-22)14-4-6-15(7-5-14)21(25)27-3/h4-9,11,13,20H,10,12H2,1-3H3/t13-,20-/m0/s1. The SMILES string of the molecule is COC(=O)c1ccc([C@H]2c3ccc(OC)cc3C[C@H](C)N2C(=O)CCl)cc1. The zero-order valence-electron chi connectivity index (χ0n) is 15.6. The quantitative estimate of drug-likeness (QED) is 0.594. The number of alkyl halides is 1. The molecule has 3 rings (SSSR count). The van der Waals surface area contributed by atoms with Gasteiger partial charge < -0.3 is 14.4 Å². The van der Waals surface area contributed by atoms with Crippen LogP contribution < -0.4 is 4.74 Å². The molecule has 2 aromatic rings. The lowest BCUT2D eigenvalue weighted by Crippen LogP contribution is -2.47. The Balaban J connectivity index is 2.10. The highest BCUT2D eigenvalue weighted by atomic mass is 35.5. The molecule has 0 aromatic heterocycles. The highest BCUT2D eigenvalue weighted by molar-refractivity contribution is 6.27. The minimum absolute atomic E-state index is 0.0128. The van der Waals surface area contributed by atoms with Gasteiger partial charge in [-0.15, -0.1) is 11.6 Å². The summed E-state index contributed by atoms with van der Waals surface area (Å²) in [5.74, 6) is 0.204. The van der Waals surface area contributed by atoms with Gasteiger partial charge in [0.15, 0.2) is 0 Å². The number of carbonyl (C=O) groups excluding carboxylic acids is 2. The summed E-state index contributed by atoms with van der Waals surface area (Å²) < 4.78 is 10.1. The summed E-state index contributed by atoms with van der Waals surface area (Å²) in [7, 11) is 2.99. The molecule has 2 atom stereocenters. The van der Waals surface area contributed by atoms with Gasteiger partial charge in [0.25, 0.3) is 0 Å². The number of methoxy groups -OCH3 is 2. The summed E-state index contributed by atoms with van der Waals surface area (Å²) in [4.78, 5) is 26.2. The summed E-state index contributed by atoms with van der Waals surface area (Å²) in [6, 6.07) is 12.8. The number of halogens is 1. The molecule has 1 aliphatic heterocycles. The van der Waals surface area contributed by atoms with E-state index in [2.05, 4.69) is 0 Å². The van der Waals surface area contributed by atoms with Crippen molar-refractivity contribution in [2.45, 2.75) is 25.4 Å². The third-order valence-corrected chi connectivity index (χ3v) is 5.19. The van der Waals surface area contributed by atoms with E-state index in [1.54, 1.807) is 19.2 Å². The van der Waals surface area contributed by atoms with Gasteiger partial charge in [0.2, 0.25) is 5.91 Å². The lowest BCUT2D eigenvalue weighted by molar-refractivity contribution is -0.132. The maximum Gasteiger partial charge on any atom is 0.337 e. The Bertz CT molecular complexity index is 850. The first kappa shape index (κ1) is 19.2. The highest BCUT2D eigenvalue weighted by Gasteiger charge is 2.36. The predicted octanol–water partition coefficient (Wildman–Crippen LogP) is 3.58. The minimum Gasteiger partial charge on any atom is -0.497 e. The van der Waals surface area contributed by atoms with Crippen LogP contribution in [0, 0.1) is 0 Å². The number of esters is 1. The molecule has 0 N–H and O–H groups in total. The van der Waals surface area contributed by atoms with Gasteiger partial charge in [-0.1, -0.05) is 18.2 Å². The van der Waals surface area contributed by atoms with Crippen molar-refractivity contribution in [1.82, 2.24) is 4.90 Å². The second-order valence-corrected chi connectivity index (χ2v) is 6.84. The number of ether oxygens (including phenoxy) is 2. The van der Waals surface area contributed by atoms with Crippen molar-refractivity contribution >= 4 is 23.5 Å². The Kier molecular flexibility index (Phi) is 5.71.